The van der Waals surface area contributed by atoms with E-state index in [1.165, 1.54) is 12.8 Å². The van der Waals surface area contributed by atoms with Crippen molar-refractivity contribution in [3.05, 3.63) is 0 Å². The van der Waals surface area contributed by atoms with Crippen molar-refractivity contribution in [2.45, 2.75) is 64.1 Å². The van der Waals surface area contributed by atoms with Gasteiger partial charge < -0.3 is 15.0 Å². The number of hydrogen-bond acceptors (Lipinski definition) is 4. The van der Waals surface area contributed by atoms with Gasteiger partial charge in [0.25, 0.3) is 0 Å². The van der Waals surface area contributed by atoms with Crippen LogP contribution in [0.5, 0.6) is 0 Å². The zero-order chi connectivity index (χ0) is 15.5. The van der Waals surface area contributed by atoms with Crippen LogP contribution in [-0.4, -0.2) is 66.8 Å². The maximum Gasteiger partial charge on any atom is 0.407 e. The minimum Gasteiger partial charge on any atom is -0.444 e. The van der Waals surface area contributed by atoms with E-state index >= 15 is 0 Å². The fourth-order valence-corrected chi connectivity index (χ4v) is 3.29. The summed E-state index contributed by atoms with van der Waals surface area (Å²) in [6, 6.07) is 0.880. The van der Waals surface area contributed by atoms with Crippen molar-refractivity contribution in [3.8, 4) is 0 Å². The maximum atomic E-state index is 11.9. The maximum absolute atomic E-state index is 11.9. The summed E-state index contributed by atoms with van der Waals surface area (Å²) in [4.78, 5) is 16.9. The van der Waals surface area contributed by atoms with Gasteiger partial charge in [-0.1, -0.05) is 0 Å². The lowest BCUT2D eigenvalue weighted by Crippen LogP contribution is -2.52. The monoisotopic (exact) mass is 297 g/mol. The standard InChI is InChI=1S/C16H31N3O2/c1-16(2,3)21-15(20)17-13-6-5-7-14(12-13)19-10-8-18(4)9-11-19/h13-14H,5-12H2,1-4H3,(H,17,20)/t13-,14+/m1/s1. The molecule has 1 amide bonds. The van der Waals surface area contributed by atoms with Gasteiger partial charge in [-0.25, -0.2) is 4.79 Å². The van der Waals surface area contributed by atoms with E-state index in [4.69, 9.17) is 4.74 Å². The first-order chi connectivity index (χ1) is 9.83. The normalized spacial score (nSPS) is 29.1. The van der Waals surface area contributed by atoms with Crippen LogP contribution in [0, 0.1) is 0 Å². The SMILES string of the molecule is CN1CCN([C@H]2CCC[C@@H](NC(=O)OC(C)(C)C)C2)CC1. The van der Waals surface area contributed by atoms with Gasteiger partial charge in [-0.05, 0) is 53.5 Å². The average molecular weight is 297 g/mol. The summed E-state index contributed by atoms with van der Waals surface area (Å²) in [5.74, 6) is 0. The lowest BCUT2D eigenvalue weighted by molar-refractivity contribution is 0.0445. The molecule has 1 heterocycles. The van der Waals surface area contributed by atoms with E-state index in [0.29, 0.717) is 6.04 Å². The molecule has 0 unspecified atom stereocenters. The Morgan fingerprint density at radius 3 is 2.43 bits per heavy atom. The summed E-state index contributed by atoms with van der Waals surface area (Å²) in [7, 11) is 2.19. The zero-order valence-electron chi connectivity index (χ0n) is 14.0. The highest BCUT2D eigenvalue weighted by molar-refractivity contribution is 5.68. The molecule has 1 saturated carbocycles. The number of ether oxygens (including phenoxy) is 1. The van der Waals surface area contributed by atoms with Gasteiger partial charge in [-0.2, -0.15) is 0 Å². The van der Waals surface area contributed by atoms with Gasteiger partial charge in [-0.3, -0.25) is 4.90 Å². The van der Waals surface area contributed by atoms with Crippen LogP contribution >= 0.6 is 0 Å². The first-order valence-electron chi connectivity index (χ1n) is 8.25. The zero-order valence-corrected chi connectivity index (χ0v) is 14.0. The second kappa shape index (κ2) is 6.97. The first kappa shape index (κ1) is 16.6. The van der Waals surface area contributed by atoms with Crippen LogP contribution in [0.15, 0.2) is 0 Å². The first-order valence-corrected chi connectivity index (χ1v) is 8.25. The number of piperazine rings is 1. The van der Waals surface area contributed by atoms with E-state index in [1.54, 1.807) is 0 Å². The van der Waals surface area contributed by atoms with E-state index in [-0.39, 0.29) is 12.1 Å². The van der Waals surface area contributed by atoms with Crippen molar-refractivity contribution in [1.82, 2.24) is 15.1 Å². The summed E-state index contributed by atoms with van der Waals surface area (Å²) < 4.78 is 5.36. The Balaban J connectivity index is 1.79. The van der Waals surface area contributed by atoms with Crippen LogP contribution in [0.1, 0.15) is 46.5 Å². The number of carbonyl (C=O) groups excluding carboxylic acids is 1. The second-order valence-corrected chi connectivity index (χ2v) is 7.50. The molecule has 1 aliphatic carbocycles. The third-order valence-electron chi connectivity index (χ3n) is 4.42. The molecule has 0 bridgehead atoms. The van der Waals surface area contributed by atoms with Gasteiger partial charge in [0.05, 0.1) is 0 Å². The van der Waals surface area contributed by atoms with Crippen LogP contribution in [-0.2, 0) is 4.74 Å². The Hall–Kier alpha value is -0.810. The van der Waals surface area contributed by atoms with Crippen LogP contribution in [0.3, 0.4) is 0 Å². The Kier molecular flexibility index (Phi) is 5.49. The molecule has 2 aliphatic rings. The topological polar surface area (TPSA) is 44.8 Å². The molecular weight excluding hydrogens is 266 g/mol. The smallest absolute Gasteiger partial charge is 0.407 e. The molecular formula is C16H31N3O2. The molecule has 5 nitrogen and oxygen atoms in total. The van der Waals surface area contributed by atoms with Gasteiger partial charge in [0.2, 0.25) is 0 Å². The number of likely N-dealkylation sites (N-methyl/N-ethyl adjacent to an activating group) is 1. The Bertz CT molecular complexity index is 346. The summed E-state index contributed by atoms with van der Waals surface area (Å²) in [6.45, 7) is 10.3. The van der Waals surface area contributed by atoms with E-state index in [0.717, 1.165) is 39.0 Å². The van der Waals surface area contributed by atoms with E-state index in [2.05, 4.69) is 22.2 Å². The van der Waals surface area contributed by atoms with Crippen molar-refractivity contribution < 1.29 is 9.53 Å². The summed E-state index contributed by atoms with van der Waals surface area (Å²) in [5, 5.41) is 3.06. The van der Waals surface area contributed by atoms with Crippen molar-refractivity contribution in [2.24, 2.45) is 0 Å². The van der Waals surface area contributed by atoms with Crippen LogP contribution < -0.4 is 5.32 Å². The van der Waals surface area contributed by atoms with Crippen molar-refractivity contribution in [1.29, 1.82) is 0 Å². The van der Waals surface area contributed by atoms with Gasteiger partial charge in [-0.15, -0.1) is 0 Å². The molecule has 5 heteroatoms. The van der Waals surface area contributed by atoms with Gasteiger partial charge in [0, 0.05) is 38.3 Å². The predicted molar refractivity (Wildman–Crippen MR) is 84.5 cm³/mol. The van der Waals surface area contributed by atoms with E-state index in [1.807, 2.05) is 20.8 Å². The molecule has 0 aromatic rings. The Morgan fingerprint density at radius 1 is 1.14 bits per heavy atom. The molecule has 0 aromatic heterocycles. The average Bonchev–Trinajstić information content (AvgIpc) is 2.37. The Labute approximate surface area is 129 Å². The third kappa shape index (κ3) is 5.47. The molecule has 21 heavy (non-hydrogen) atoms. The van der Waals surface area contributed by atoms with Gasteiger partial charge in [0.1, 0.15) is 5.60 Å². The van der Waals surface area contributed by atoms with E-state index < -0.39 is 5.60 Å². The number of alkyl carbamates (subject to hydrolysis) is 1. The predicted octanol–water partition coefficient (Wildman–Crippen LogP) is 2.07. The molecule has 0 aromatic carbocycles. The van der Waals surface area contributed by atoms with E-state index in [9.17, 15) is 4.79 Å². The van der Waals surface area contributed by atoms with Gasteiger partial charge >= 0.3 is 6.09 Å². The fraction of sp³-hybridized carbons (Fsp3) is 0.938. The van der Waals surface area contributed by atoms with Crippen molar-refractivity contribution in [3.63, 3.8) is 0 Å². The summed E-state index contributed by atoms with van der Waals surface area (Å²) >= 11 is 0. The Morgan fingerprint density at radius 2 is 1.81 bits per heavy atom. The molecule has 0 radical (unpaired) electrons. The highest BCUT2D eigenvalue weighted by Crippen LogP contribution is 2.24. The second-order valence-electron chi connectivity index (χ2n) is 7.50. The molecule has 1 aliphatic heterocycles. The third-order valence-corrected chi connectivity index (χ3v) is 4.42. The largest absolute Gasteiger partial charge is 0.444 e. The molecule has 122 valence electrons. The summed E-state index contributed by atoms with van der Waals surface area (Å²) in [5.41, 5.74) is -0.421. The van der Waals surface area contributed by atoms with Gasteiger partial charge in [0.15, 0.2) is 0 Å². The quantitative estimate of drug-likeness (QED) is 0.847. The minimum absolute atomic E-state index is 0.262. The minimum atomic E-state index is -0.421. The highest BCUT2D eigenvalue weighted by atomic mass is 16.6. The van der Waals surface area contributed by atoms with Crippen molar-refractivity contribution >= 4 is 6.09 Å². The van der Waals surface area contributed by atoms with Crippen molar-refractivity contribution in [2.75, 3.05) is 33.2 Å². The van der Waals surface area contributed by atoms with Crippen LogP contribution in [0.4, 0.5) is 4.79 Å². The number of hydrogen-bond donors (Lipinski definition) is 1. The molecule has 0 spiro atoms. The highest BCUT2D eigenvalue weighted by Gasteiger charge is 2.30. The summed E-state index contributed by atoms with van der Waals surface area (Å²) in [6.07, 6.45) is 4.31. The molecule has 2 rings (SSSR count). The number of amides is 1. The van der Waals surface area contributed by atoms with Crippen LogP contribution in [0.25, 0.3) is 0 Å². The number of carbonyl (C=O) groups is 1. The van der Waals surface area contributed by atoms with Crippen LogP contribution in [0.2, 0.25) is 0 Å². The number of nitrogens with one attached hydrogen (secondary N) is 1. The molecule has 1 saturated heterocycles. The number of nitrogens with zero attached hydrogens (tertiary/aromatic N) is 2. The molecule has 2 atom stereocenters. The fourth-order valence-electron chi connectivity index (χ4n) is 3.29. The lowest BCUT2D eigenvalue weighted by Gasteiger charge is -2.41. The molecule has 2 fully saturated rings. The lowest BCUT2D eigenvalue weighted by atomic mass is 9.89. The number of rotatable bonds is 2. The molecule has 1 N–H and O–H groups in total.